The SMILES string of the molecule is CC[C@](Br)(C(=O)c1cccc(F)c1)S(C)(=O)=O. The van der Waals surface area contributed by atoms with E-state index in [4.69, 9.17) is 0 Å². The highest BCUT2D eigenvalue weighted by atomic mass is 79.9. The highest BCUT2D eigenvalue weighted by Crippen LogP contribution is 2.32. The van der Waals surface area contributed by atoms with Crippen molar-refractivity contribution in [2.75, 3.05) is 6.26 Å². The van der Waals surface area contributed by atoms with Crippen molar-refractivity contribution in [1.82, 2.24) is 0 Å². The van der Waals surface area contributed by atoms with Crippen LogP contribution in [0.3, 0.4) is 0 Å². The number of alkyl halides is 1. The molecule has 1 atom stereocenters. The second-order valence-corrected chi connectivity index (χ2v) is 7.81. The monoisotopic (exact) mass is 322 g/mol. The number of halogens is 2. The highest BCUT2D eigenvalue weighted by molar-refractivity contribution is 9.12. The fraction of sp³-hybridized carbons (Fsp3) is 0.364. The van der Waals surface area contributed by atoms with Crippen LogP contribution in [-0.4, -0.2) is 24.1 Å². The minimum atomic E-state index is -3.63. The number of rotatable bonds is 4. The van der Waals surface area contributed by atoms with Crippen LogP contribution in [0.15, 0.2) is 24.3 Å². The Balaban J connectivity index is 3.29. The Kier molecular flexibility index (Phi) is 4.09. The summed E-state index contributed by atoms with van der Waals surface area (Å²) in [6, 6.07) is 4.98. The molecular weight excluding hydrogens is 311 g/mol. The molecule has 1 rings (SSSR count). The third-order valence-corrected chi connectivity index (χ3v) is 6.80. The second-order valence-electron chi connectivity index (χ2n) is 3.69. The summed E-state index contributed by atoms with van der Waals surface area (Å²) in [6.45, 7) is 1.58. The van der Waals surface area contributed by atoms with Crippen molar-refractivity contribution < 1.29 is 17.6 Å². The van der Waals surface area contributed by atoms with Gasteiger partial charge in [0.25, 0.3) is 0 Å². The lowest BCUT2D eigenvalue weighted by Gasteiger charge is -2.22. The van der Waals surface area contributed by atoms with Gasteiger partial charge in [-0.3, -0.25) is 4.79 Å². The average Bonchev–Trinajstić information content (AvgIpc) is 2.25. The van der Waals surface area contributed by atoms with Crippen molar-refractivity contribution in [3.05, 3.63) is 35.6 Å². The zero-order chi connectivity index (χ0) is 13.3. The van der Waals surface area contributed by atoms with E-state index in [0.29, 0.717) is 0 Å². The van der Waals surface area contributed by atoms with E-state index in [-0.39, 0.29) is 12.0 Å². The van der Waals surface area contributed by atoms with Crippen molar-refractivity contribution >= 4 is 31.6 Å². The van der Waals surface area contributed by atoms with Gasteiger partial charge in [0.15, 0.2) is 19.3 Å². The van der Waals surface area contributed by atoms with Crippen LogP contribution >= 0.6 is 15.9 Å². The summed E-state index contributed by atoms with van der Waals surface area (Å²) in [5.41, 5.74) is 0.0363. The van der Waals surface area contributed by atoms with Gasteiger partial charge in [-0.2, -0.15) is 0 Å². The summed E-state index contributed by atoms with van der Waals surface area (Å²) >= 11 is 2.97. The number of hydrogen-bond acceptors (Lipinski definition) is 3. The normalized spacial score (nSPS) is 15.3. The van der Waals surface area contributed by atoms with Gasteiger partial charge in [-0.1, -0.05) is 35.0 Å². The van der Waals surface area contributed by atoms with Crippen LogP contribution in [-0.2, 0) is 9.84 Å². The van der Waals surface area contributed by atoms with E-state index in [1.54, 1.807) is 6.92 Å². The Morgan fingerprint density at radius 2 is 2.06 bits per heavy atom. The molecule has 0 N–H and O–H groups in total. The first-order chi connectivity index (χ1) is 7.72. The first-order valence-electron chi connectivity index (χ1n) is 4.91. The third kappa shape index (κ3) is 2.74. The molecule has 3 nitrogen and oxygen atoms in total. The zero-order valence-corrected chi connectivity index (χ0v) is 11.8. The highest BCUT2D eigenvalue weighted by Gasteiger charge is 2.44. The molecule has 0 amide bonds. The van der Waals surface area contributed by atoms with E-state index in [2.05, 4.69) is 15.9 Å². The Bertz CT molecular complexity index is 541. The molecule has 17 heavy (non-hydrogen) atoms. The molecule has 0 unspecified atom stereocenters. The van der Waals surface area contributed by atoms with Gasteiger partial charge >= 0.3 is 0 Å². The molecule has 94 valence electrons. The molecule has 0 bridgehead atoms. The van der Waals surface area contributed by atoms with Crippen molar-refractivity contribution in [2.24, 2.45) is 0 Å². The van der Waals surface area contributed by atoms with Crippen molar-refractivity contribution in [3.8, 4) is 0 Å². The largest absolute Gasteiger partial charge is 0.291 e. The van der Waals surface area contributed by atoms with Gasteiger partial charge in [0.2, 0.25) is 0 Å². The lowest BCUT2D eigenvalue weighted by molar-refractivity contribution is 0.0976. The van der Waals surface area contributed by atoms with E-state index in [9.17, 15) is 17.6 Å². The van der Waals surface area contributed by atoms with Gasteiger partial charge in [0.1, 0.15) is 5.82 Å². The predicted molar refractivity (Wildman–Crippen MR) is 67.5 cm³/mol. The summed E-state index contributed by atoms with van der Waals surface area (Å²) in [7, 11) is -3.63. The van der Waals surface area contributed by atoms with Crippen LogP contribution < -0.4 is 0 Å². The summed E-state index contributed by atoms with van der Waals surface area (Å²) in [5.74, 6) is -1.22. The number of benzene rings is 1. The van der Waals surface area contributed by atoms with Crippen LogP contribution in [0.4, 0.5) is 4.39 Å². The van der Waals surface area contributed by atoms with E-state index in [1.807, 2.05) is 0 Å². The minimum absolute atomic E-state index is 0.0363. The van der Waals surface area contributed by atoms with Crippen LogP contribution in [0.2, 0.25) is 0 Å². The molecule has 0 aliphatic heterocycles. The van der Waals surface area contributed by atoms with Crippen LogP contribution in [0, 0.1) is 5.82 Å². The first kappa shape index (κ1) is 14.3. The summed E-state index contributed by atoms with van der Waals surface area (Å²) < 4.78 is 34.6. The van der Waals surface area contributed by atoms with Gasteiger partial charge in [-0.05, 0) is 18.6 Å². The number of sulfone groups is 1. The Labute approximate surface area is 108 Å². The smallest absolute Gasteiger partial charge is 0.194 e. The molecule has 0 saturated carbocycles. The topological polar surface area (TPSA) is 51.2 Å². The fourth-order valence-electron chi connectivity index (χ4n) is 1.44. The average molecular weight is 323 g/mol. The predicted octanol–water partition coefficient (Wildman–Crippen LogP) is 2.55. The molecule has 0 saturated heterocycles. The summed E-state index contributed by atoms with van der Waals surface area (Å²) in [4.78, 5) is 12.1. The van der Waals surface area contributed by atoms with E-state index < -0.39 is 25.1 Å². The molecule has 0 heterocycles. The van der Waals surface area contributed by atoms with Crippen molar-refractivity contribution in [3.63, 3.8) is 0 Å². The maximum Gasteiger partial charge on any atom is 0.194 e. The van der Waals surface area contributed by atoms with E-state index in [0.717, 1.165) is 12.3 Å². The van der Waals surface area contributed by atoms with Gasteiger partial charge in [0.05, 0.1) is 0 Å². The maximum absolute atomic E-state index is 13.0. The zero-order valence-electron chi connectivity index (χ0n) is 9.41. The van der Waals surface area contributed by atoms with Gasteiger partial charge < -0.3 is 0 Å². The van der Waals surface area contributed by atoms with Crippen LogP contribution in [0.1, 0.15) is 23.7 Å². The van der Waals surface area contributed by atoms with Gasteiger partial charge in [-0.25, -0.2) is 12.8 Å². The standard InChI is InChI=1S/C11H12BrFO3S/c1-3-11(12,17(2,15)16)10(14)8-5-4-6-9(13)7-8/h4-7H,3H2,1-2H3/t11-/m1/s1. The number of hydrogen-bond donors (Lipinski definition) is 0. The lowest BCUT2D eigenvalue weighted by Crippen LogP contribution is -2.39. The molecule has 0 aliphatic carbocycles. The molecule has 0 spiro atoms. The molecule has 0 radical (unpaired) electrons. The Hall–Kier alpha value is -0.750. The molecule has 6 heteroatoms. The maximum atomic E-state index is 13.0. The third-order valence-electron chi connectivity index (χ3n) is 2.47. The summed E-state index contributed by atoms with van der Waals surface area (Å²) in [6.07, 6.45) is 1.05. The molecule has 1 aromatic rings. The molecular formula is C11H12BrFO3S. The van der Waals surface area contributed by atoms with E-state index in [1.165, 1.54) is 18.2 Å². The molecule has 0 aromatic heterocycles. The number of ketones is 1. The van der Waals surface area contributed by atoms with Crippen LogP contribution in [0.25, 0.3) is 0 Å². The van der Waals surface area contributed by atoms with Crippen molar-refractivity contribution in [2.45, 2.75) is 17.0 Å². The molecule has 1 aromatic carbocycles. The minimum Gasteiger partial charge on any atom is -0.291 e. The quantitative estimate of drug-likeness (QED) is 0.632. The molecule has 0 fully saturated rings. The number of Topliss-reactive ketones (excluding diaryl/α,β-unsaturated/α-hetero) is 1. The van der Waals surface area contributed by atoms with E-state index >= 15 is 0 Å². The second kappa shape index (κ2) is 4.86. The lowest BCUT2D eigenvalue weighted by atomic mass is 10.1. The van der Waals surface area contributed by atoms with Gasteiger partial charge in [0, 0.05) is 11.8 Å². The number of carbonyl (C=O) groups excluding carboxylic acids is 1. The summed E-state index contributed by atoms with van der Waals surface area (Å²) in [5, 5.41) is 0. The van der Waals surface area contributed by atoms with Crippen LogP contribution in [0.5, 0.6) is 0 Å². The Morgan fingerprint density at radius 1 is 1.47 bits per heavy atom. The molecule has 0 aliphatic rings. The van der Waals surface area contributed by atoms with Crippen molar-refractivity contribution in [1.29, 1.82) is 0 Å². The fourth-order valence-corrected chi connectivity index (χ4v) is 2.64. The Morgan fingerprint density at radius 3 is 2.47 bits per heavy atom. The van der Waals surface area contributed by atoms with Gasteiger partial charge in [-0.15, -0.1) is 0 Å². The number of carbonyl (C=O) groups is 1. The first-order valence-corrected chi connectivity index (χ1v) is 7.59.